The third-order valence-corrected chi connectivity index (χ3v) is 6.28. The topological polar surface area (TPSA) is 49.4 Å². The van der Waals surface area contributed by atoms with Crippen LogP contribution in [0.4, 0.5) is 10.2 Å². The third-order valence-electron chi connectivity index (χ3n) is 6.28. The summed E-state index contributed by atoms with van der Waals surface area (Å²) in [5.41, 5.74) is 2.39. The van der Waals surface area contributed by atoms with Crippen molar-refractivity contribution in [3.63, 3.8) is 0 Å². The van der Waals surface area contributed by atoms with E-state index in [0.29, 0.717) is 17.7 Å². The van der Waals surface area contributed by atoms with Gasteiger partial charge in [0.15, 0.2) is 11.6 Å². The molecule has 2 aliphatic rings. The van der Waals surface area contributed by atoms with E-state index in [4.69, 9.17) is 9.72 Å². The standard InChI is InChI=1S/C23H31FN4O/c1-16(17-4-7-21(24)22(14-17)29-2)27-20-6-3-18(13-20)19-5-8-23(26-15-19)28-11-9-25-10-12-28/h4-5,7-8,14-16,18,20,25,27H,3,6,9-13H2,1-2H3/t16-,18-,20+/m1/s1. The number of nitrogens with one attached hydrogen (secondary N) is 2. The van der Waals surface area contributed by atoms with Gasteiger partial charge < -0.3 is 20.3 Å². The zero-order valence-electron chi connectivity index (χ0n) is 17.3. The summed E-state index contributed by atoms with van der Waals surface area (Å²) >= 11 is 0. The van der Waals surface area contributed by atoms with Crippen LogP contribution >= 0.6 is 0 Å². The summed E-state index contributed by atoms with van der Waals surface area (Å²) in [6, 6.07) is 10.1. The van der Waals surface area contributed by atoms with E-state index >= 15 is 0 Å². The number of pyridine rings is 1. The van der Waals surface area contributed by atoms with E-state index in [-0.39, 0.29) is 11.9 Å². The fourth-order valence-corrected chi connectivity index (χ4v) is 4.55. The SMILES string of the molecule is COc1cc([C@@H](C)N[C@H]2CC[C@@H](c3ccc(N4CCNCC4)nc3)C2)ccc1F. The van der Waals surface area contributed by atoms with Crippen molar-refractivity contribution in [2.75, 3.05) is 38.2 Å². The predicted molar refractivity (Wildman–Crippen MR) is 114 cm³/mol. The van der Waals surface area contributed by atoms with E-state index in [9.17, 15) is 4.39 Å². The molecule has 2 heterocycles. The molecule has 0 spiro atoms. The van der Waals surface area contributed by atoms with Gasteiger partial charge in [-0.1, -0.05) is 12.1 Å². The van der Waals surface area contributed by atoms with Crippen molar-refractivity contribution in [2.45, 2.75) is 44.2 Å². The van der Waals surface area contributed by atoms with E-state index in [1.54, 1.807) is 6.07 Å². The van der Waals surface area contributed by atoms with E-state index in [0.717, 1.165) is 50.4 Å². The van der Waals surface area contributed by atoms with Crippen LogP contribution in [0.5, 0.6) is 5.75 Å². The van der Waals surface area contributed by atoms with E-state index in [2.05, 4.69) is 40.8 Å². The van der Waals surface area contributed by atoms with Crippen LogP contribution in [0.1, 0.15) is 49.3 Å². The predicted octanol–water partition coefficient (Wildman–Crippen LogP) is 3.63. The fraction of sp³-hybridized carbons (Fsp3) is 0.522. The lowest BCUT2D eigenvalue weighted by molar-refractivity contribution is 0.384. The number of ether oxygens (including phenoxy) is 1. The number of piperazine rings is 1. The zero-order valence-corrected chi connectivity index (χ0v) is 17.3. The van der Waals surface area contributed by atoms with Crippen LogP contribution in [0.2, 0.25) is 0 Å². The number of halogens is 1. The summed E-state index contributed by atoms with van der Waals surface area (Å²) in [5, 5.41) is 7.10. The van der Waals surface area contributed by atoms with Crippen molar-refractivity contribution in [3.8, 4) is 5.75 Å². The van der Waals surface area contributed by atoms with Gasteiger partial charge in [0.25, 0.3) is 0 Å². The summed E-state index contributed by atoms with van der Waals surface area (Å²) in [7, 11) is 1.50. The van der Waals surface area contributed by atoms with Crippen LogP contribution in [0.3, 0.4) is 0 Å². The molecule has 0 radical (unpaired) electrons. The van der Waals surface area contributed by atoms with Crippen molar-refractivity contribution >= 4 is 5.82 Å². The molecular formula is C23H31FN4O. The summed E-state index contributed by atoms with van der Waals surface area (Å²) in [6.45, 7) is 6.22. The zero-order chi connectivity index (χ0) is 20.2. The van der Waals surface area contributed by atoms with E-state index in [1.807, 2.05) is 6.07 Å². The van der Waals surface area contributed by atoms with Gasteiger partial charge in [0, 0.05) is 44.5 Å². The average Bonchev–Trinajstić information content (AvgIpc) is 3.23. The first-order chi connectivity index (χ1) is 14.1. The van der Waals surface area contributed by atoms with Crippen LogP contribution in [0, 0.1) is 5.82 Å². The Labute approximate surface area is 172 Å². The van der Waals surface area contributed by atoms with Gasteiger partial charge in [0.05, 0.1) is 7.11 Å². The molecule has 6 heteroatoms. The van der Waals surface area contributed by atoms with Crippen LogP contribution < -0.4 is 20.3 Å². The van der Waals surface area contributed by atoms with Gasteiger partial charge >= 0.3 is 0 Å². The monoisotopic (exact) mass is 398 g/mol. The van der Waals surface area contributed by atoms with E-state index < -0.39 is 0 Å². The molecule has 2 aromatic rings. The molecule has 2 fully saturated rings. The molecule has 5 nitrogen and oxygen atoms in total. The summed E-state index contributed by atoms with van der Waals surface area (Å²) in [6.07, 6.45) is 5.49. The van der Waals surface area contributed by atoms with Gasteiger partial charge in [0.2, 0.25) is 0 Å². The van der Waals surface area contributed by atoms with Gasteiger partial charge in [-0.3, -0.25) is 0 Å². The maximum absolute atomic E-state index is 13.7. The first kappa shape index (κ1) is 20.1. The highest BCUT2D eigenvalue weighted by molar-refractivity contribution is 5.40. The summed E-state index contributed by atoms with van der Waals surface area (Å²) in [4.78, 5) is 7.08. The molecule has 1 aromatic heterocycles. The minimum atomic E-state index is -0.318. The molecule has 1 aliphatic carbocycles. The number of nitrogens with zero attached hydrogens (tertiary/aromatic N) is 2. The Morgan fingerprint density at radius 3 is 2.76 bits per heavy atom. The number of hydrogen-bond acceptors (Lipinski definition) is 5. The first-order valence-electron chi connectivity index (χ1n) is 10.6. The van der Waals surface area contributed by atoms with Crippen LogP contribution in [0.15, 0.2) is 36.5 Å². The molecule has 1 saturated heterocycles. The molecule has 0 bridgehead atoms. The molecule has 29 heavy (non-hydrogen) atoms. The first-order valence-corrected chi connectivity index (χ1v) is 10.6. The fourth-order valence-electron chi connectivity index (χ4n) is 4.55. The number of benzene rings is 1. The van der Waals surface area contributed by atoms with Crippen molar-refractivity contribution in [1.29, 1.82) is 0 Å². The maximum atomic E-state index is 13.7. The van der Waals surface area contributed by atoms with Crippen LogP contribution in [-0.4, -0.2) is 44.3 Å². The lowest BCUT2D eigenvalue weighted by Crippen LogP contribution is -2.43. The highest BCUT2D eigenvalue weighted by Crippen LogP contribution is 2.36. The third kappa shape index (κ3) is 4.70. The molecular weight excluding hydrogens is 367 g/mol. The Hall–Kier alpha value is -2.18. The summed E-state index contributed by atoms with van der Waals surface area (Å²) in [5.74, 6) is 1.62. The molecule has 1 aromatic carbocycles. The largest absolute Gasteiger partial charge is 0.494 e. The number of rotatable bonds is 6. The second-order valence-electron chi connectivity index (χ2n) is 8.18. The highest BCUT2D eigenvalue weighted by atomic mass is 19.1. The molecule has 156 valence electrons. The number of aromatic nitrogens is 1. The van der Waals surface area contributed by atoms with Crippen molar-refractivity contribution in [3.05, 3.63) is 53.5 Å². The average molecular weight is 399 g/mol. The van der Waals surface area contributed by atoms with Crippen molar-refractivity contribution < 1.29 is 9.13 Å². The Morgan fingerprint density at radius 2 is 2.03 bits per heavy atom. The Balaban J connectivity index is 1.34. The molecule has 1 saturated carbocycles. The number of methoxy groups -OCH3 is 1. The summed E-state index contributed by atoms with van der Waals surface area (Å²) < 4.78 is 18.8. The van der Waals surface area contributed by atoms with Gasteiger partial charge in [-0.25, -0.2) is 9.37 Å². The number of anilines is 1. The molecule has 4 rings (SSSR count). The molecule has 3 atom stereocenters. The van der Waals surface area contributed by atoms with Gasteiger partial charge in [-0.05, 0) is 61.4 Å². The molecule has 0 unspecified atom stereocenters. The van der Waals surface area contributed by atoms with Crippen molar-refractivity contribution in [1.82, 2.24) is 15.6 Å². The normalized spacial score (nSPS) is 23.2. The smallest absolute Gasteiger partial charge is 0.165 e. The lowest BCUT2D eigenvalue weighted by atomic mass is 9.99. The van der Waals surface area contributed by atoms with Gasteiger partial charge in [-0.15, -0.1) is 0 Å². The minimum absolute atomic E-state index is 0.154. The number of hydrogen-bond donors (Lipinski definition) is 2. The maximum Gasteiger partial charge on any atom is 0.165 e. The Kier molecular flexibility index (Phi) is 6.31. The molecule has 2 N–H and O–H groups in total. The lowest BCUT2D eigenvalue weighted by Gasteiger charge is -2.28. The quantitative estimate of drug-likeness (QED) is 0.778. The second-order valence-corrected chi connectivity index (χ2v) is 8.18. The van der Waals surface area contributed by atoms with Gasteiger partial charge in [-0.2, -0.15) is 0 Å². The Morgan fingerprint density at radius 1 is 1.21 bits per heavy atom. The van der Waals surface area contributed by atoms with Crippen LogP contribution in [0.25, 0.3) is 0 Å². The van der Waals surface area contributed by atoms with E-state index in [1.165, 1.54) is 25.2 Å². The Bertz CT molecular complexity index is 807. The highest BCUT2D eigenvalue weighted by Gasteiger charge is 2.27. The molecule has 0 amide bonds. The van der Waals surface area contributed by atoms with Gasteiger partial charge in [0.1, 0.15) is 5.82 Å². The molecule has 1 aliphatic heterocycles. The van der Waals surface area contributed by atoms with Crippen molar-refractivity contribution in [2.24, 2.45) is 0 Å². The second kappa shape index (κ2) is 9.09. The minimum Gasteiger partial charge on any atom is -0.494 e. The van der Waals surface area contributed by atoms with Crippen LogP contribution in [-0.2, 0) is 0 Å².